The van der Waals surface area contributed by atoms with Gasteiger partial charge in [0, 0.05) is 78.8 Å². The number of rotatable bonds is 0. The Hall–Kier alpha value is -1.88. The summed E-state index contributed by atoms with van der Waals surface area (Å²) in [4.78, 5) is 8.55. The van der Waals surface area contributed by atoms with Gasteiger partial charge in [0.25, 0.3) is 0 Å². The van der Waals surface area contributed by atoms with E-state index in [0.717, 1.165) is 43.8 Å². The zero-order valence-corrected chi connectivity index (χ0v) is 31.0. The molecule has 0 radical (unpaired) electrons. The van der Waals surface area contributed by atoms with Gasteiger partial charge in [-0.05, 0) is 111 Å². The van der Waals surface area contributed by atoms with E-state index in [1.165, 1.54) is 44.3 Å². The minimum Gasteiger partial charge on any atom is -0.381 e. The Balaban J connectivity index is 0.000000277. The van der Waals surface area contributed by atoms with E-state index in [9.17, 15) is 8.78 Å². The number of aromatic nitrogens is 4. The molecule has 0 aliphatic carbocycles. The number of halogens is 2. The fourth-order valence-corrected chi connectivity index (χ4v) is 4.92. The molecule has 8 nitrogen and oxygen atoms in total. The number of imidazole rings is 1. The molecular formula is C36H68F2N6O2. The Morgan fingerprint density at radius 3 is 1.43 bits per heavy atom. The van der Waals surface area contributed by atoms with E-state index in [-0.39, 0.29) is 0 Å². The van der Waals surface area contributed by atoms with Crippen LogP contribution in [0.15, 0.2) is 24.9 Å². The van der Waals surface area contributed by atoms with Gasteiger partial charge in [-0.25, -0.2) is 13.8 Å². The highest BCUT2D eigenvalue weighted by atomic mass is 19.1. The lowest BCUT2D eigenvalue weighted by atomic mass is 9.96. The molecule has 4 aliphatic rings. The molecule has 2 aromatic heterocycles. The van der Waals surface area contributed by atoms with Gasteiger partial charge < -0.3 is 23.8 Å². The van der Waals surface area contributed by atoms with Crippen LogP contribution in [0.4, 0.5) is 8.78 Å². The smallest absolute Gasteiger partial charge is 0.112 e. The first-order valence-corrected chi connectivity index (χ1v) is 17.4. The van der Waals surface area contributed by atoms with Crippen LogP contribution in [-0.4, -0.2) is 107 Å². The normalized spacial score (nSPS) is 21.7. The van der Waals surface area contributed by atoms with Gasteiger partial charge in [0.1, 0.15) is 11.3 Å². The fraction of sp³-hybridized carbons (Fsp3) is 0.833. The Labute approximate surface area is 280 Å². The zero-order chi connectivity index (χ0) is 34.6. The number of ether oxygens (including phenoxy) is 2. The van der Waals surface area contributed by atoms with Gasteiger partial charge in [0.15, 0.2) is 0 Å². The number of hydrogen-bond acceptors (Lipinski definition) is 6. The minimum atomic E-state index is -0.946. The number of nitrogens with zero attached hydrogens (tertiary/aromatic N) is 6. The fourth-order valence-electron chi connectivity index (χ4n) is 4.92. The van der Waals surface area contributed by atoms with E-state index in [1.54, 1.807) is 24.9 Å². The van der Waals surface area contributed by atoms with Crippen LogP contribution in [0.1, 0.15) is 90.3 Å². The van der Waals surface area contributed by atoms with Gasteiger partial charge >= 0.3 is 0 Å². The molecule has 0 bridgehead atoms. The van der Waals surface area contributed by atoms with Crippen molar-refractivity contribution in [2.45, 2.75) is 104 Å². The zero-order valence-electron chi connectivity index (χ0n) is 31.0. The van der Waals surface area contributed by atoms with Crippen LogP contribution in [0, 0.1) is 25.7 Å². The lowest BCUT2D eigenvalue weighted by Crippen LogP contribution is -2.37. The lowest BCUT2D eigenvalue weighted by Gasteiger charge is -2.31. The second kappa shape index (κ2) is 22.6. The topological polar surface area (TPSA) is 60.6 Å². The van der Waals surface area contributed by atoms with Crippen molar-refractivity contribution in [3.63, 3.8) is 0 Å². The third-order valence-corrected chi connectivity index (χ3v) is 8.75. The predicted molar refractivity (Wildman–Crippen MR) is 187 cm³/mol. The molecule has 0 spiro atoms. The van der Waals surface area contributed by atoms with Crippen LogP contribution in [0.2, 0.25) is 0 Å². The third-order valence-electron chi connectivity index (χ3n) is 8.75. The van der Waals surface area contributed by atoms with E-state index < -0.39 is 11.3 Å². The number of hydrogen-bond donors (Lipinski definition) is 0. The number of likely N-dealkylation sites (tertiary alicyclic amines) is 2. The molecule has 4 aliphatic heterocycles. The average molecular weight is 655 g/mol. The van der Waals surface area contributed by atoms with Crippen LogP contribution < -0.4 is 0 Å². The first-order valence-electron chi connectivity index (χ1n) is 17.4. The van der Waals surface area contributed by atoms with E-state index in [1.807, 2.05) is 58.1 Å². The number of alkyl halides is 2. The molecule has 0 amide bonds. The minimum absolute atomic E-state index is 0.562. The summed E-state index contributed by atoms with van der Waals surface area (Å²) in [5.74, 6) is 1.89. The molecule has 0 N–H and O–H groups in total. The molecule has 0 aromatic carbocycles. The summed E-state index contributed by atoms with van der Waals surface area (Å²) in [7, 11) is 8.11. The monoisotopic (exact) mass is 655 g/mol. The summed E-state index contributed by atoms with van der Waals surface area (Å²) in [5, 5.41) is 3.93. The third kappa shape index (κ3) is 22.6. The maximum absolute atomic E-state index is 13.0. The average Bonchev–Trinajstić information content (AvgIpc) is 3.58. The van der Waals surface area contributed by atoms with Crippen molar-refractivity contribution >= 4 is 0 Å². The Bertz CT molecular complexity index is 915. The van der Waals surface area contributed by atoms with Crippen molar-refractivity contribution in [2.75, 3.05) is 66.7 Å². The summed E-state index contributed by atoms with van der Waals surface area (Å²) < 4.78 is 39.6. The lowest BCUT2D eigenvalue weighted by molar-refractivity contribution is 0.00200. The van der Waals surface area contributed by atoms with Crippen molar-refractivity contribution in [3.05, 3.63) is 36.2 Å². The molecule has 46 heavy (non-hydrogen) atoms. The molecule has 10 heteroatoms. The van der Waals surface area contributed by atoms with E-state index in [4.69, 9.17) is 9.47 Å². The van der Waals surface area contributed by atoms with E-state index in [2.05, 4.69) is 40.8 Å². The predicted octanol–water partition coefficient (Wildman–Crippen LogP) is 7.20. The van der Waals surface area contributed by atoms with Crippen LogP contribution >= 0.6 is 0 Å². The molecular weight excluding hydrogens is 586 g/mol. The number of aryl methyl sites for hydroxylation is 4. The first-order chi connectivity index (χ1) is 21.6. The molecule has 6 heterocycles. The van der Waals surface area contributed by atoms with E-state index in [0.29, 0.717) is 38.9 Å². The largest absolute Gasteiger partial charge is 0.381 e. The second-order valence-corrected chi connectivity index (χ2v) is 14.4. The van der Waals surface area contributed by atoms with Crippen LogP contribution in [0.3, 0.4) is 0 Å². The molecule has 2 aromatic rings. The maximum atomic E-state index is 13.0. The van der Waals surface area contributed by atoms with Gasteiger partial charge in [0.2, 0.25) is 0 Å². The summed E-state index contributed by atoms with van der Waals surface area (Å²) >= 11 is 0. The van der Waals surface area contributed by atoms with Crippen molar-refractivity contribution in [1.82, 2.24) is 29.1 Å². The highest BCUT2D eigenvalue weighted by molar-refractivity contribution is 4.98. The van der Waals surface area contributed by atoms with Crippen molar-refractivity contribution in [1.29, 1.82) is 0 Å². The van der Waals surface area contributed by atoms with E-state index >= 15 is 0 Å². The molecule has 0 unspecified atom stereocenters. The summed E-state index contributed by atoms with van der Waals surface area (Å²) in [5.41, 5.74) is 0.454. The van der Waals surface area contributed by atoms with Gasteiger partial charge in [-0.2, -0.15) is 5.10 Å². The summed E-state index contributed by atoms with van der Waals surface area (Å²) in [6.07, 6.45) is 15.4. The molecule has 4 fully saturated rings. The molecule has 6 rings (SSSR count). The molecule has 4 saturated heterocycles. The van der Waals surface area contributed by atoms with Crippen LogP contribution in [0.25, 0.3) is 0 Å². The van der Waals surface area contributed by atoms with Gasteiger partial charge in [-0.15, -0.1) is 0 Å². The standard InChI is InChI=1S/C7H14FN.C7H15N.C6H11FO.C6H12O.2C5H8N2/c1-7(8)3-5-9(2)6-4-7;1-7-3-5-8(2)6-4-7;1-6(7)2-4-8-5-3-6;1-6-2-4-7-5-3-6;1-5-3-7(2)4-6-5;1-5-3-6-7(2)4-5/h3-6H2,1-2H3;7H,3-6H2,1-2H3;2-5H2,1H3;6H,2-5H2,1H3;2*3-4H,1-2H3. The SMILES string of the molecule is CC1(F)CCOCC1.CC1CCN(C)CC1.CC1CCOCC1.CN1CCC(C)(F)CC1.Cc1cn(C)cn1.Cc1cnn(C)c1. The van der Waals surface area contributed by atoms with Gasteiger partial charge in [0.05, 0.1) is 18.2 Å². The Morgan fingerprint density at radius 2 is 1.17 bits per heavy atom. The number of piperidine rings is 2. The second-order valence-electron chi connectivity index (χ2n) is 14.4. The molecule has 0 atom stereocenters. The first kappa shape index (κ1) is 42.1. The quantitative estimate of drug-likeness (QED) is 0.300. The van der Waals surface area contributed by atoms with Gasteiger partial charge in [-0.3, -0.25) is 4.68 Å². The molecule has 0 saturated carbocycles. The Kier molecular flexibility index (Phi) is 20.7. The maximum Gasteiger partial charge on any atom is 0.112 e. The van der Waals surface area contributed by atoms with Gasteiger partial charge in [-0.1, -0.05) is 13.8 Å². The summed E-state index contributed by atoms with van der Waals surface area (Å²) in [6, 6.07) is 0. The highest BCUT2D eigenvalue weighted by Crippen LogP contribution is 2.24. The summed E-state index contributed by atoms with van der Waals surface area (Å²) in [6.45, 7) is 19.5. The van der Waals surface area contributed by atoms with Crippen molar-refractivity contribution < 1.29 is 18.3 Å². The molecule has 268 valence electrons. The van der Waals surface area contributed by atoms with Crippen LogP contribution in [0.5, 0.6) is 0 Å². The van der Waals surface area contributed by atoms with Crippen LogP contribution in [-0.2, 0) is 23.6 Å². The van der Waals surface area contributed by atoms with Crippen molar-refractivity contribution in [3.8, 4) is 0 Å². The van der Waals surface area contributed by atoms with Crippen molar-refractivity contribution in [2.24, 2.45) is 25.9 Å². The highest BCUT2D eigenvalue weighted by Gasteiger charge is 2.27. The Morgan fingerprint density at radius 1 is 0.696 bits per heavy atom.